The van der Waals surface area contributed by atoms with Gasteiger partial charge in [-0.15, -0.1) is 0 Å². The summed E-state index contributed by atoms with van der Waals surface area (Å²) in [5.41, 5.74) is 0.656. The standard InChI is InChI=1S/C17H18BrNO5S/c1-3-23-17-14(16(10-4-5-10)24-19(17)9-20)15(21)12-7-6-11(18)8-13(12)25(2)22/h6-10,16H,3-5H2,1-2H3. The zero-order valence-corrected chi connectivity index (χ0v) is 16.3. The minimum atomic E-state index is -1.34. The monoisotopic (exact) mass is 427 g/mol. The first kappa shape index (κ1) is 18.3. The molecule has 6 nitrogen and oxygen atoms in total. The Hall–Kier alpha value is -1.51. The molecular weight excluding hydrogens is 410 g/mol. The maximum absolute atomic E-state index is 13.3. The van der Waals surface area contributed by atoms with Gasteiger partial charge in [0.25, 0.3) is 0 Å². The van der Waals surface area contributed by atoms with Crippen molar-refractivity contribution < 1.29 is 23.4 Å². The van der Waals surface area contributed by atoms with Gasteiger partial charge in [-0.1, -0.05) is 15.9 Å². The summed E-state index contributed by atoms with van der Waals surface area (Å²) in [7, 11) is -1.34. The average Bonchev–Trinajstić information content (AvgIpc) is 3.36. The number of Topliss-reactive ketones (excluding diaryl/α,β-unsaturated/α-hetero) is 1. The highest BCUT2D eigenvalue weighted by Crippen LogP contribution is 2.44. The molecule has 0 radical (unpaired) electrons. The summed E-state index contributed by atoms with van der Waals surface area (Å²) in [6, 6.07) is 5.03. The van der Waals surface area contributed by atoms with Gasteiger partial charge in [0.15, 0.2) is 5.78 Å². The number of carbonyl (C=O) groups excluding carboxylic acids is 2. The Morgan fingerprint density at radius 3 is 2.76 bits per heavy atom. The molecule has 1 saturated carbocycles. The summed E-state index contributed by atoms with van der Waals surface area (Å²) < 4.78 is 18.4. The Kier molecular flexibility index (Phi) is 5.41. The summed E-state index contributed by atoms with van der Waals surface area (Å²) >= 11 is 3.34. The molecule has 1 aromatic rings. The van der Waals surface area contributed by atoms with Gasteiger partial charge in [0.2, 0.25) is 12.3 Å². The van der Waals surface area contributed by atoms with E-state index < -0.39 is 16.9 Å². The predicted octanol–water partition coefficient (Wildman–Crippen LogP) is 2.80. The summed E-state index contributed by atoms with van der Waals surface area (Å²) in [4.78, 5) is 30.7. The van der Waals surface area contributed by atoms with Gasteiger partial charge in [0.05, 0.1) is 27.9 Å². The van der Waals surface area contributed by atoms with E-state index in [1.54, 1.807) is 25.1 Å². The first-order chi connectivity index (χ1) is 12.0. The molecule has 1 aliphatic carbocycles. The van der Waals surface area contributed by atoms with Crippen molar-refractivity contribution in [3.8, 4) is 0 Å². The van der Waals surface area contributed by atoms with Crippen molar-refractivity contribution in [3.05, 3.63) is 39.7 Å². The Balaban J connectivity index is 2.10. The van der Waals surface area contributed by atoms with E-state index in [0.717, 1.165) is 22.4 Å². The van der Waals surface area contributed by atoms with E-state index in [4.69, 9.17) is 9.57 Å². The highest BCUT2D eigenvalue weighted by molar-refractivity contribution is 9.10. The van der Waals surface area contributed by atoms with E-state index in [-0.39, 0.29) is 17.6 Å². The van der Waals surface area contributed by atoms with Crippen LogP contribution in [0, 0.1) is 5.92 Å². The van der Waals surface area contributed by atoms with Gasteiger partial charge in [-0.2, -0.15) is 5.06 Å². The van der Waals surface area contributed by atoms with Crippen LogP contribution < -0.4 is 0 Å². The number of rotatable bonds is 7. The molecule has 1 fully saturated rings. The van der Waals surface area contributed by atoms with Gasteiger partial charge >= 0.3 is 0 Å². The zero-order chi connectivity index (χ0) is 18.1. The highest BCUT2D eigenvalue weighted by atomic mass is 79.9. The number of carbonyl (C=O) groups is 2. The average molecular weight is 428 g/mol. The van der Waals surface area contributed by atoms with Crippen molar-refractivity contribution in [2.24, 2.45) is 5.92 Å². The largest absolute Gasteiger partial charge is 0.477 e. The van der Waals surface area contributed by atoms with Crippen molar-refractivity contribution in [1.82, 2.24) is 5.06 Å². The maximum atomic E-state index is 13.3. The van der Waals surface area contributed by atoms with Crippen LogP contribution in [0.2, 0.25) is 0 Å². The van der Waals surface area contributed by atoms with E-state index in [2.05, 4.69) is 15.9 Å². The molecule has 2 unspecified atom stereocenters. The molecule has 1 heterocycles. The smallest absolute Gasteiger partial charge is 0.240 e. The Morgan fingerprint density at radius 2 is 2.20 bits per heavy atom. The van der Waals surface area contributed by atoms with E-state index >= 15 is 0 Å². The third-order valence-corrected chi connectivity index (χ3v) is 5.56. The fourth-order valence-electron chi connectivity index (χ4n) is 2.83. The predicted molar refractivity (Wildman–Crippen MR) is 95.0 cm³/mol. The van der Waals surface area contributed by atoms with Crippen LogP contribution in [0.3, 0.4) is 0 Å². The molecule has 8 heteroatoms. The van der Waals surface area contributed by atoms with Gasteiger partial charge in [-0.05, 0) is 43.9 Å². The second kappa shape index (κ2) is 7.39. The second-order valence-corrected chi connectivity index (χ2v) is 8.13. The normalized spacial score (nSPS) is 21.4. The summed E-state index contributed by atoms with van der Waals surface area (Å²) in [6.07, 6.45) is 3.38. The molecule has 3 rings (SSSR count). The molecule has 0 spiro atoms. The number of hydroxylamine groups is 2. The molecule has 134 valence electrons. The lowest BCUT2D eigenvalue weighted by molar-refractivity contribution is -0.176. The van der Waals surface area contributed by atoms with Crippen LogP contribution in [0.4, 0.5) is 0 Å². The summed E-state index contributed by atoms with van der Waals surface area (Å²) in [5.74, 6) is 0.00272. The van der Waals surface area contributed by atoms with Crippen LogP contribution in [0.1, 0.15) is 30.1 Å². The van der Waals surface area contributed by atoms with E-state index in [9.17, 15) is 13.8 Å². The number of ketones is 1. The van der Waals surface area contributed by atoms with Crippen molar-refractivity contribution in [1.29, 1.82) is 0 Å². The van der Waals surface area contributed by atoms with Crippen LogP contribution in [0.5, 0.6) is 0 Å². The third-order valence-electron chi connectivity index (χ3n) is 4.11. The van der Waals surface area contributed by atoms with Gasteiger partial charge in [-0.3, -0.25) is 18.6 Å². The van der Waals surface area contributed by atoms with Gasteiger partial charge < -0.3 is 4.74 Å². The lowest BCUT2D eigenvalue weighted by atomic mass is 9.97. The highest BCUT2D eigenvalue weighted by Gasteiger charge is 2.47. The molecule has 1 aromatic carbocycles. The quantitative estimate of drug-likeness (QED) is 0.494. The van der Waals surface area contributed by atoms with Crippen LogP contribution in [-0.4, -0.2) is 40.4 Å². The van der Waals surface area contributed by atoms with Crippen molar-refractivity contribution in [2.75, 3.05) is 12.9 Å². The van der Waals surface area contributed by atoms with Gasteiger partial charge in [0.1, 0.15) is 6.10 Å². The maximum Gasteiger partial charge on any atom is 0.240 e. The fraction of sp³-hybridized carbons (Fsp3) is 0.412. The molecule has 0 saturated heterocycles. The Morgan fingerprint density at radius 1 is 1.48 bits per heavy atom. The second-order valence-electron chi connectivity index (χ2n) is 5.87. The number of amides is 1. The SMILES string of the molecule is CCOC1=C(C(=O)c2ccc(Br)cc2S(C)=O)C(C2CC2)ON1C=O. The van der Waals surface area contributed by atoms with Crippen molar-refractivity contribution >= 4 is 38.9 Å². The summed E-state index contributed by atoms with van der Waals surface area (Å²) in [6.45, 7) is 2.07. The van der Waals surface area contributed by atoms with Crippen LogP contribution >= 0.6 is 15.9 Å². The lowest BCUT2D eigenvalue weighted by Gasteiger charge is -2.13. The Labute approximate surface area is 156 Å². The molecule has 25 heavy (non-hydrogen) atoms. The number of hydrogen-bond donors (Lipinski definition) is 0. The number of hydrogen-bond acceptors (Lipinski definition) is 5. The Bertz CT molecular complexity index is 774. The number of halogens is 1. The number of benzene rings is 1. The van der Waals surface area contributed by atoms with Gasteiger partial charge in [0, 0.05) is 16.3 Å². The molecule has 2 aliphatic rings. The third kappa shape index (κ3) is 3.56. The minimum Gasteiger partial charge on any atom is -0.477 e. The van der Waals surface area contributed by atoms with Gasteiger partial charge in [-0.25, -0.2) is 0 Å². The first-order valence-corrected chi connectivity index (χ1v) is 10.3. The molecule has 2 atom stereocenters. The summed E-state index contributed by atoms with van der Waals surface area (Å²) in [5, 5.41) is 0.987. The van der Waals surface area contributed by atoms with Crippen molar-refractivity contribution in [3.63, 3.8) is 0 Å². The van der Waals surface area contributed by atoms with E-state index in [1.165, 1.54) is 6.26 Å². The lowest BCUT2D eigenvalue weighted by Crippen LogP contribution is -2.23. The fourth-order valence-corrected chi connectivity index (χ4v) is 4.10. The van der Waals surface area contributed by atoms with Crippen LogP contribution in [0.25, 0.3) is 0 Å². The van der Waals surface area contributed by atoms with Crippen LogP contribution in [0.15, 0.2) is 39.0 Å². The molecule has 0 aromatic heterocycles. The topological polar surface area (TPSA) is 72.9 Å². The van der Waals surface area contributed by atoms with Crippen molar-refractivity contribution in [2.45, 2.75) is 30.8 Å². The molecular formula is C17H18BrNO5S. The number of nitrogens with zero attached hydrogens (tertiary/aromatic N) is 1. The van der Waals surface area contributed by atoms with Crippen LogP contribution in [-0.2, 0) is 25.2 Å². The molecule has 0 bridgehead atoms. The molecule has 1 amide bonds. The minimum absolute atomic E-state index is 0.134. The molecule has 1 aliphatic heterocycles. The zero-order valence-electron chi connectivity index (χ0n) is 13.9. The first-order valence-electron chi connectivity index (χ1n) is 7.93. The van der Waals surface area contributed by atoms with E-state index in [1.807, 2.05) is 0 Å². The number of ether oxygens (including phenoxy) is 1. The molecule has 0 N–H and O–H groups in total. The van der Waals surface area contributed by atoms with E-state index in [0.29, 0.717) is 29.0 Å².